The number of amides is 1. The monoisotopic (exact) mass is 405 g/mol. The van der Waals surface area contributed by atoms with Crippen molar-refractivity contribution in [3.8, 4) is 11.5 Å². The predicted octanol–water partition coefficient (Wildman–Crippen LogP) is 5.30. The molecule has 0 spiro atoms. The number of ether oxygens (including phenoxy) is 2. The number of carbonyl (C=O) groups excluding carboxylic acids is 1. The van der Waals surface area contributed by atoms with Gasteiger partial charge in [0.1, 0.15) is 5.82 Å². The molecule has 3 aromatic rings. The molecule has 1 atom stereocenters. The molecule has 5 heteroatoms. The van der Waals surface area contributed by atoms with Crippen LogP contribution in [0.15, 0.2) is 66.7 Å². The lowest BCUT2D eigenvalue weighted by molar-refractivity contribution is -0.118. The van der Waals surface area contributed by atoms with Gasteiger partial charge in [0.25, 0.3) is 0 Å². The molecular weight excluding hydrogens is 381 g/mol. The fraction of sp³-hybridized carbons (Fsp3) is 0.240. The number of halogens is 1. The van der Waals surface area contributed by atoms with Gasteiger partial charge in [0.2, 0.25) is 5.91 Å². The molecule has 0 aromatic heterocycles. The number of carbonyl (C=O) groups is 1. The molecule has 0 N–H and O–H groups in total. The fourth-order valence-corrected chi connectivity index (χ4v) is 3.95. The highest BCUT2D eigenvalue weighted by atomic mass is 19.1. The Kier molecular flexibility index (Phi) is 5.70. The molecule has 4 nitrogen and oxygen atoms in total. The van der Waals surface area contributed by atoms with Gasteiger partial charge in [-0.25, -0.2) is 4.39 Å². The van der Waals surface area contributed by atoms with E-state index in [-0.39, 0.29) is 24.2 Å². The van der Waals surface area contributed by atoms with Gasteiger partial charge >= 0.3 is 0 Å². The van der Waals surface area contributed by atoms with Crippen molar-refractivity contribution in [3.05, 3.63) is 89.2 Å². The van der Waals surface area contributed by atoms with Gasteiger partial charge in [0, 0.05) is 5.69 Å². The maximum atomic E-state index is 13.5. The first-order valence-electron chi connectivity index (χ1n) is 10.2. The van der Waals surface area contributed by atoms with Crippen molar-refractivity contribution in [2.24, 2.45) is 0 Å². The lowest BCUT2D eigenvalue weighted by Gasteiger charge is -2.38. The maximum absolute atomic E-state index is 13.5. The summed E-state index contributed by atoms with van der Waals surface area (Å²) < 4.78 is 25.1. The third kappa shape index (κ3) is 3.75. The summed E-state index contributed by atoms with van der Waals surface area (Å²) in [7, 11) is 0. The lowest BCUT2D eigenvalue weighted by Crippen LogP contribution is -2.41. The zero-order valence-corrected chi connectivity index (χ0v) is 17.1. The predicted molar refractivity (Wildman–Crippen MR) is 115 cm³/mol. The van der Waals surface area contributed by atoms with Crippen molar-refractivity contribution in [1.82, 2.24) is 0 Å². The Hall–Kier alpha value is -3.34. The van der Waals surface area contributed by atoms with Gasteiger partial charge in [-0.15, -0.1) is 0 Å². The second-order valence-electron chi connectivity index (χ2n) is 7.09. The molecule has 30 heavy (non-hydrogen) atoms. The molecule has 4 rings (SSSR count). The van der Waals surface area contributed by atoms with Crippen molar-refractivity contribution in [2.45, 2.75) is 26.3 Å². The number of benzene rings is 3. The highest BCUT2D eigenvalue weighted by Gasteiger charge is 2.35. The van der Waals surface area contributed by atoms with Crippen LogP contribution in [-0.4, -0.2) is 19.1 Å². The highest BCUT2D eigenvalue weighted by Crippen LogP contribution is 2.43. The van der Waals surface area contributed by atoms with Crippen LogP contribution in [0.4, 0.5) is 10.1 Å². The van der Waals surface area contributed by atoms with Crippen LogP contribution in [0.3, 0.4) is 0 Å². The van der Waals surface area contributed by atoms with E-state index in [2.05, 4.69) is 0 Å². The SMILES string of the molecule is CCOc1cc2c(cc1OCC)C(c1ccccc1)N(c1ccc(F)cc1)C(=O)C2. The van der Waals surface area contributed by atoms with E-state index in [4.69, 9.17) is 9.47 Å². The van der Waals surface area contributed by atoms with Crippen molar-refractivity contribution in [1.29, 1.82) is 0 Å². The Labute approximate surface area is 175 Å². The third-order valence-corrected chi connectivity index (χ3v) is 5.19. The van der Waals surface area contributed by atoms with Crippen LogP contribution >= 0.6 is 0 Å². The summed E-state index contributed by atoms with van der Waals surface area (Å²) in [4.78, 5) is 15.0. The fourth-order valence-electron chi connectivity index (χ4n) is 3.95. The van der Waals surface area contributed by atoms with E-state index in [1.807, 2.05) is 56.3 Å². The normalized spacial score (nSPS) is 15.6. The van der Waals surface area contributed by atoms with Crippen LogP contribution in [0.2, 0.25) is 0 Å². The quantitative estimate of drug-likeness (QED) is 0.558. The molecule has 0 aliphatic carbocycles. The molecule has 0 bridgehead atoms. The third-order valence-electron chi connectivity index (χ3n) is 5.19. The summed E-state index contributed by atoms with van der Waals surface area (Å²) >= 11 is 0. The van der Waals surface area contributed by atoms with E-state index in [0.717, 1.165) is 16.7 Å². The zero-order valence-electron chi connectivity index (χ0n) is 17.1. The lowest BCUT2D eigenvalue weighted by atomic mass is 9.87. The molecule has 1 amide bonds. The Bertz CT molecular complexity index is 1030. The van der Waals surface area contributed by atoms with Gasteiger partial charge in [-0.3, -0.25) is 4.79 Å². The van der Waals surface area contributed by atoms with Crippen LogP contribution in [0.1, 0.15) is 36.6 Å². The summed E-state index contributed by atoms with van der Waals surface area (Å²) in [6.45, 7) is 4.87. The molecule has 1 unspecified atom stereocenters. The minimum Gasteiger partial charge on any atom is -0.490 e. The average Bonchev–Trinajstić information content (AvgIpc) is 2.75. The number of hydrogen-bond donors (Lipinski definition) is 0. The van der Waals surface area contributed by atoms with E-state index in [1.54, 1.807) is 17.0 Å². The summed E-state index contributed by atoms with van der Waals surface area (Å²) in [5, 5.41) is 0. The average molecular weight is 405 g/mol. The molecule has 0 saturated carbocycles. The summed E-state index contributed by atoms with van der Waals surface area (Å²) in [5.74, 6) is 0.926. The van der Waals surface area contributed by atoms with Crippen LogP contribution < -0.4 is 14.4 Å². The summed E-state index contributed by atoms with van der Waals surface area (Å²) in [6.07, 6.45) is 0.239. The molecule has 1 heterocycles. The number of anilines is 1. The molecular formula is C25H24FNO3. The Morgan fingerprint density at radius 1 is 0.933 bits per heavy atom. The second-order valence-corrected chi connectivity index (χ2v) is 7.09. The molecule has 1 aliphatic heterocycles. The van der Waals surface area contributed by atoms with Gasteiger partial charge in [0.05, 0.1) is 25.7 Å². The Morgan fingerprint density at radius 3 is 2.20 bits per heavy atom. The van der Waals surface area contributed by atoms with Crippen LogP contribution in [0.25, 0.3) is 0 Å². The number of fused-ring (bicyclic) bond motifs is 1. The molecule has 0 fully saturated rings. The molecule has 0 radical (unpaired) electrons. The molecule has 0 saturated heterocycles. The largest absolute Gasteiger partial charge is 0.490 e. The van der Waals surface area contributed by atoms with Gasteiger partial charge in [-0.1, -0.05) is 30.3 Å². The minimum absolute atomic E-state index is 0.0467. The topological polar surface area (TPSA) is 38.8 Å². The first kappa shape index (κ1) is 20.0. The maximum Gasteiger partial charge on any atom is 0.232 e. The van der Waals surface area contributed by atoms with Crippen molar-refractivity contribution in [2.75, 3.05) is 18.1 Å². The first-order valence-corrected chi connectivity index (χ1v) is 10.2. The molecule has 154 valence electrons. The smallest absolute Gasteiger partial charge is 0.232 e. The van der Waals surface area contributed by atoms with Gasteiger partial charge in [-0.05, 0) is 66.9 Å². The summed E-state index contributed by atoms with van der Waals surface area (Å²) in [5.41, 5.74) is 3.53. The molecule has 3 aromatic carbocycles. The first-order chi connectivity index (χ1) is 14.6. The van der Waals surface area contributed by atoms with Crippen molar-refractivity contribution >= 4 is 11.6 Å². The van der Waals surface area contributed by atoms with Gasteiger partial charge in [0.15, 0.2) is 11.5 Å². The second kappa shape index (κ2) is 8.57. The highest BCUT2D eigenvalue weighted by molar-refractivity contribution is 5.98. The number of rotatable bonds is 6. The van der Waals surface area contributed by atoms with E-state index in [9.17, 15) is 9.18 Å². The standard InChI is InChI=1S/C25H24FNO3/c1-3-29-22-14-18-15-24(28)27(20-12-10-19(26)11-13-20)25(17-8-6-5-7-9-17)21(18)16-23(22)30-4-2/h5-14,16,25H,3-4,15H2,1-2H3. The van der Waals surface area contributed by atoms with Crippen molar-refractivity contribution in [3.63, 3.8) is 0 Å². The number of hydrogen-bond acceptors (Lipinski definition) is 3. The van der Waals surface area contributed by atoms with Crippen LogP contribution in [-0.2, 0) is 11.2 Å². The Morgan fingerprint density at radius 2 is 1.57 bits per heavy atom. The van der Waals surface area contributed by atoms with Crippen molar-refractivity contribution < 1.29 is 18.7 Å². The van der Waals surface area contributed by atoms with Gasteiger partial charge < -0.3 is 14.4 Å². The van der Waals surface area contributed by atoms with Gasteiger partial charge in [-0.2, -0.15) is 0 Å². The van der Waals surface area contributed by atoms with E-state index in [1.165, 1.54) is 12.1 Å². The summed E-state index contributed by atoms with van der Waals surface area (Å²) in [6, 6.07) is 19.4. The Balaban J connectivity index is 1.91. The van der Waals surface area contributed by atoms with Crippen LogP contribution in [0.5, 0.6) is 11.5 Å². The number of nitrogens with zero attached hydrogens (tertiary/aromatic N) is 1. The van der Waals surface area contributed by atoms with E-state index in [0.29, 0.717) is 30.4 Å². The minimum atomic E-state index is -0.345. The van der Waals surface area contributed by atoms with E-state index < -0.39 is 0 Å². The van der Waals surface area contributed by atoms with E-state index >= 15 is 0 Å². The molecule has 1 aliphatic rings. The van der Waals surface area contributed by atoms with Crippen LogP contribution in [0, 0.1) is 5.82 Å². The zero-order chi connectivity index (χ0) is 21.1.